The van der Waals surface area contributed by atoms with Crippen LogP contribution in [-0.4, -0.2) is 16.9 Å². The molecule has 0 saturated heterocycles. The lowest BCUT2D eigenvalue weighted by molar-refractivity contribution is -0.123. The van der Waals surface area contributed by atoms with Crippen LogP contribution in [0.25, 0.3) is 21.9 Å². The fraction of sp³-hybridized carbons (Fsp3) is 0.192. The Bertz CT molecular complexity index is 1370. The number of aromatic nitrogens is 1. The van der Waals surface area contributed by atoms with Crippen LogP contribution in [0.15, 0.2) is 77.3 Å². The zero-order valence-electron chi connectivity index (χ0n) is 18.1. The number of amides is 1. The highest BCUT2D eigenvalue weighted by Crippen LogP contribution is 2.27. The number of benzene rings is 2. The van der Waals surface area contributed by atoms with E-state index in [2.05, 4.69) is 21.7 Å². The van der Waals surface area contributed by atoms with Gasteiger partial charge in [-0.15, -0.1) is 11.3 Å². The van der Waals surface area contributed by atoms with E-state index in [9.17, 15) is 4.79 Å². The minimum Gasteiger partial charge on any atom is -0.460 e. The van der Waals surface area contributed by atoms with Crippen molar-refractivity contribution in [2.45, 2.75) is 32.0 Å². The molecule has 2 atom stereocenters. The van der Waals surface area contributed by atoms with Crippen molar-refractivity contribution in [2.75, 3.05) is 0 Å². The first kappa shape index (κ1) is 21.8. The molecule has 7 heteroatoms. The first-order chi connectivity index (χ1) is 16.1. The van der Waals surface area contributed by atoms with Crippen molar-refractivity contribution < 1.29 is 9.21 Å². The number of aromatic amines is 1. The molecule has 168 valence electrons. The molecule has 5 rings (SSSR count). The Morgan fingerprint density at radius 1 is 1.12 bits per heavy atom. The minimum absolute atomic E-state index is 0.0617. The zero-order valence-corrected chi connectivity index (χ0v) is 19.7. The summed E-state index contributed by atoms with van der Waals surface area (Å²) in [6, 6.07) is 21.3. The number of thiophene rings is 1. The molecule has 0 bridgehead atoms. The van der Waals surface area contributed by atoms with E-state index in [1.165, 1.54) is 11.3 Å². The molecule has 0 saturated carbocycles. The number of rotatable bonds is 8. The maximum atomic E-state index is 13.3. The van der Waals surface area contributed by atoms with Gasteiger partial charge in [-0.3, -0.25) is 10.1 Å². The number of carbonyl (C=O) groups excluding carboxylic acids is 1. The highest BCUT2D eigenvalue weighted by molar-refractivity contribution is 7.16. The molecule has 0 spiro atoms. The van der Waals surface area contributed by atoms with Gasteiger partial charge in [-0.05, 0) is 49.2 Å². The molecule has 0 aliphatic carbocycles. The lowest BCUT2D eigenvalue weighted by Gasteiger charge is -2.20. The van der Waals surface area contributed by atoms with Gasteiger partial charge in [0.2, 0.25) is 5.91 Å². The molecule has 3 N–H and O–H groups in total. The smallest absolute Gasteiger partial charge is 0.237 e. The molecule has 33 heavy (non-hydrogen) atoms. The van der Waals surface area contributed by atoms with E-state index < -0.39 is 6.04 Å². The topological polar surface area (TPSA) is 70.1 Å². The van der Waals surface area contributed by atoms with Gasteiger partial charge in [0.05, 0.1) is 23.0 Å². The third-order valence-corrected chi connectivity index (χ3v) is 7.21. The first-order valence-corrected chi connectivity index (χ1v) is 12.1. The average molecular weight is 478 g/mol. The van der Waals surface area contributed by atoms with Crippen molar-refractivity contribution in [3.8, 4) is 0 Å². The van der Waals surface area contributed by atoms with Gasteiger partial charge in [0, 0.05) is 27.4 Å². The second kappa shape index (κ2) is 9.43. The van der Waals surface area contributed by atoms with Gasteiger partial charge in [-0.2, -0.15) is 0 Å². The number of para-hydroxylation sites is 2. The van der Waals surface area contributed by atoms with E-state index in [0.717, 1.165) is 38.1 Å². The van der Waals surface area contributed by atoms with Crippen molar-refractivity contribution in [1.29, 1.82) is 0 Å². The van der Waals surface area contributed by atoms with E-state index in [-0.39, 0.29) is 11.9 Å². The Kier molecular flexibility index (Phi) is 6.22. The van der Waals surface area contributed by atoms with Gasteiger partial charge in [-0.25, -0.2) is 0 Å². The van der Waals surface area contributed by atoms with E-state index in [1.807, 2.05) is 73.8 Å². The summed E-state index contributed by atoms with van der Waals surface area (Å²) in [5, 5.41) is 8.74. The molecule has 5 nitrogen and oxygen atoms in total. The Labute approximate surface area is 200 Å². The number of furan rings is 1. The predicted molar refractivity (Wildman–Crippen MR) is 135 cm³/mol. The van der Waals surface area contributed by atoms with Crippen molar-refractivity contribution in [3.63, 3.8) is 0 Å². The Hall–Kier alpha value is -3.06. The molecule has 0 aliphatic rings. The van der Waals surface area contributed by atoms with E-state index in [1.54, 1.807) is 0 Å². The minimum atomic E-state index is -0.435. The van der Waals surface area contributed by atoms with Crippen LogP contribution < -0.4 is 10.6 Å². The van der Waals surface area contributed by atoms with E-state index in [0.29, 0.717) is 17.3 Å². The van der Waals surface area contributed by atoms with E-state index >= 15 is 0 Å². The second-order valence-electron chi connectivity index (χ2n) is 8.12. The van der Waals surface area contributed by atoms with Gasteiger partial charge in [0.15, 0.2) is 0 Å². The van der Waals surface area contributed by atoms with Crippen LogP contribution in [0.3, 0.4) is 0 Å². The third-order valence-electron chi connectivity index (χ3n) is 5.79. The lowest BCUT2D eigenvalue weighted by atomic mass is 10.0. The lowest BCUT2D eigenvalue weighted by Crippen LogP contribution is -2.45. The molecule has 0 aliphatic heterocycles. The number of hydrogen-bond donors (Lipinski definition) is 3. The predicted octanol–water partition coefficient (Wildman–Crippen LogP) is 6.21. The molecule has 3 heterocycles. The highest BCUT2D eigenvalue weighted by atomic mass is 35.5. The van der Waals surface area contributed by atoms with Gasteiger partial charge in [-0.1, -0.05) is 48.0 Å². The average Bonchev–Trinajstić information content (AvgIpc) is 3.54. The van der Waals surface area contributed by atoms with Crippen LogP contribution in [-0.2, 0) is 17.8 Å². The third kappa shape index (κ3) is 4.83. The van der Waals surface area contributed by atoms with Crippen LogP contribution in [0, 0.1) is 0 Å². The summed E-state index contributed by atoms with van der Waals surface area (Å²) in [4.78, 5) is 17.7. The van der Waals surface area contributed by atoms with Crippen LogP contribution in [0.1, 0.15) is 29.2 Å². The van der Waals surface area contributed by atoms with Crippen LogP contribution in [0.2, 0.25) is 4.34 Å². The summed E-state index contributed by atoms with van der Waals surface area (Å²) in [7, 11) is 0. The number of nitrogens with one attached hydrogen (secondary N) is 3. The van der Waals surface area contributed by atoms with Crippen molar-refractivity contribution >= 4 is 50.7 Å². The molecule has 0 radical (unpaired) electrons. The van der Waals surface area contributed by atoms with Crippen LogP contribution >= 0.6 is 22.9 Å². The normalized spacial score (nSPS) is 13.4. The zero-order chi connectivity index (χ0) is 22.8. The molecule has 1 amide bonds. The molecule has 0 fully saturated rings. The standard InChI is InChI=1S/C26H24ClN3O2S/c1-16(24-10-11-25(27)33-24)30-26(31)22(13-18-14-28-21-8-4-3-7-20(18)21)29-15-19-12-17-6-2-5-9-23(17)32-19/h2-12,14,16,22,28-29H,13,15H2,1H3,(H,30,31). The Morgan fingerprint density at radius 3 is 2.76 bits per heavy atom. The number of fused-ring (bicyclic) bond motifs is 2. The number of carbonyl (C=O) groups is 1. The monoisotopic (exact) mass is 477 g/mol. The quantitative estimate of drug-likeness (QED) is 0.249. The first-order valence-electron chi connectivity index (χ1n) is 10.9. The fourth-order valence-electron chi connectivity index (χ4n) is 4.07. The van der Waals surface area contributed by atoms with Crippen molar-refractivity contribution in [3.05, 3.63) is 93.5 Å². The highest BCUT2D eigenvalue weighted by Gasteiger charge is 2.23. The van der Waals surface area contributed by atoms with Gasteiger partial charge >= 0.3 is 0 Å². The summed E-state index contributed by atoms with van der Waals surface area (Å²) in [5.74, 6) is 0.736. The largest absolute Gasteiger partial charge is 0.460 e. The molecule has 2 unspecified atom stereocenters. The summed E-state index contributed by atoms with van der Waals surface area (Å²) in [6.45, 7) is 2.43. The maximum absolute atomic E-state index is 13.3. The van der Waals surface area contributed by atoms with Crippen molar-refractivity contribution in [1.82, 2.24) is 15.6 Å². The number of halogens is 1. The fourth-order valence-corrected chi connectivity index (χ4v) is 5.14. The van der Waals surface area contributed by atoms with Gasteiger partial charge < -0.3 is 14.7 Å². The second-order valence-corrected chi connectivity index (χ2v) is 9.87. The van der Waals surface area contributed by atoms with Crippen molar-refractivity contribution in [2.24, 2.45) is 0 Å². The molecular formula is C26H24ClN3O2S. The molecular weight excluding hydrogens is 454 g/mol. The van der Waals surface area contributed by atoms with Gasteiger partial charge in [0.1, 0.15) is 11.3 Å². The Morgan fingerprint density at radius 2 is 1.94 bits per heavy atom. The maximum Gasteiger partial charge on any atom is 0.237 e. The summed E-state index contributed by atoms with van der Waals surface area (Å²) in [6.07, 6.45) is 2.53. The van der Waals surface area contributed by atoms with E-state index in [4.69, 9.17) is 16.0 Å². The number of H-pyrrole nitrogens is 1. The Balaban J connectivity index is 1.36. The number of hydrogen-bond acceptors (Lipinski definition) is 4. The van der Waals surface area contributed by atoms with Gasteiger partial charge in [0.25, 0.3) is 0 Å². The summed E-state index contributed by atoms with van der Waals surface area (Å²) in [5.41, 5.74) is 3.00. The molecule has 3 aromatic heterocycles. The van der Waals surface area contributed by atoms with Crippen LogP contribution in [0.5, 0.6) is 0 Å². The molecule has 2 aromatic carbocycles. The SMILES string of the molecule is CC(NC(=O)C(Cc1c[nH]c2ccccc12)NCc1cc2ccccc2o1)c1ccc(Cl)s1. The summed E-state index contributed by atoms with van der Waals surface area (Å²) < 4.78 is 6.66. The van der Waals surface area contributed by atoms with Crippen LogP contribution in [0.4, 0.5) is 0 Å². The summed E-state index contributed by atoms with van der Waals surface area (Å²) >= 11 is 7.56. The molecule has 5 aromatic rings.